The maximum Gasteiger partial charge on any atom is 0.326 e. The first-order chi connectivity index (χ1) is 6.81. The van der Waals surface area contributed by atoms with Crippen LogP contribution in [0.15, 0.2) is 0 Å². The summed E-state index contributed by atoms with van der Waals surface area (Å²) in [4.78, 5) is 28.1. The second-order valence-corrected chi connectivity index (χ2v) is 1.53. The van der Waals surface area contributed by atoms with Gasteiger partial charge in [-0.2, -0.15) is 0 Å². The summed E-state index contributed by atoms with van der Waals surface area (Å²) in [6.07, 6.45) is 0. The van der Waals surface area contributed by atoms with Crippen LogP contribution in [0.25, 0.3) is 0 Å². The number of carbonyl (C=O) groups is 3. The molecule has 0 bridgehead atoms. The number of urea groups is 3. The van der Waals surface area contributed by atoms with Crippen molar-refractivity contribution >= 4 is 30.5 Å². The first kappa shape index (κ1) is 23.6. The van der Waals surface area contributed by atoms with Crippen molar-refractivity contribution in [3.8, 4) is 0 Å². The monoisotopic (exact) mass is 261 g/mol. The number of hydrogen-bond acceptors (Lipinski definition) is 6. The van der Waals surface area contributed by atoms with E-state index in [1.54, 1.807) is 16.3 Å². The Morgan fingerprint density at radius 3 is 0.688 bits per heavy atom. The number of hydrazine groups is 3. The van der Waals surface area contributed by atoms with Gasteiger partial charge >= 0.3 is 18.1 Å². The molecule has 0 rings (SSSR count). The Hall–Kier alpha value is -2.02. The number of rotatable bonds is 0. The van der Waals surface area contributed by atoms with Crippen molar-refractivity contribution in [1.29, 1.82) is 0 Å². The van der Waals surface area contributed by atoms with E-state index < -0.39 is 18.1 Å². The first-order valence-electron chi connectivity index (χ1n) is 3.09. The third-order valence-corrected chi connectivity index (χ3v) is 0.427. The van der Waals surface area contributed by atoms with Gasteiger partial charge in [-0.3, -0.25) is 16.3 Å². The summed E-state index contributed by atoms with van der Waals surface area (Å²) in [7, 11) is 0. The Labute approximate surface area is 96.7 Å². The van der Waals surface area contributed by atoms with Gasteiger partial charge in [0.15, 0.2) is 0 Å². The first-order valence-corrected chi connectivity index (χ1v) is 3.09. The molecule has 0 fully saturated rings. The molecule has 16 heavy (non-hydrogen) atoms. The molecule has 0 radical (unpaired) electrons. The number of hydrogen-bond donors (Lipinski definition) is 9. The van der Waals surface area contributed by atoms with Crippen LogP contribution in [-0.4, -0.2) is 18.1 Å². The second-order valence-electron chi connectivity index (χ2n) is 1.53. The Morgan fingerprint density at radius 2 is 0.688 bits per heavy atom. The van der Waals surface area contributed by atoms with E-state index in [4.69, 9.17) is 0 Å². The van der Waals surface area contributed by atoms with Crippen LogP contribution in [0.2, 0.25) is 0 Å². The van der Waals surface area contributed by atoms with Crippen LogP contribution in [0.1, 0.15) is 0 Å². The van der Waals surface area contributed by atoms with E-state index in [0.29, 0.717) is 0 Å². The standard InChI is InChI=1S/3CH5N3O.ClH/c3*2-1(5)4-3;/h3*3H2,(H3,2,4,5);1H. The molecule has 6 amide bonds. The molecule has 98 valence electrons. The molecule has 15 N–H and O–H groups in total. The van der Waals surface area contributed by atoms with Crippen LogP contribution in [0.3, 0.4) is 0 Å². The lowest BCUT2D eigenvalue weighted by atomic mass is 11.2. The van der Waals surface area contributed by atoms with Gasteiger partial charge in [0.25, 0.3) is 0 Å². The Balaban J connectivity index is -0.0000000655. The summed E-state index contributed by atoms with van der Waals surface area (Å²) in [5.41, 5.74) is 18.2. The van der Waals surface area contributed by atoms with Crippen molar-refractivity contribution in [2.45, 2.75) is 0 Å². The predicted octanol–water partition coefficient (Wildman–Crippen LogP) is -3.99. The van der Waals surface area contributed by atoms with Crippen molar-refractivity contribution in [3.63, 3.8) is 0 Å². The molecule has 0 unspecified atom stereocenters. The highest BCUT2D eigenvalue weighted by atomic mass is 35.5. The molecule has 0 saturated carbocycles. The number of nitrogens with one attached hydrogen (secondary N) is 3. The fourth-order valence-electron chi connectivity index (χ4n) is 0. The van der Waals surface area contributed by atoms with Crippen LogP contribution in [-0.2, 0) is 0 Å². The number of amides is 6. The van der Waals surface area contributed by atoms with E-state index in [-0.39, 0.29) is 12.4 Å². The average molecular weight is 262 g/mol. The van der Waals surface area contributed by atoms with Crippen molar-refractivity contribution < 1.29 is 14.4 Å². The van der Waals surface area contributed by atoms with E-state index >= 15 is 0 Å². The number of halogens is 1. The zero-order chi connectivity index (χ0) is 12.9. The minimum atomic E-state index is -0.718. The Kier molecular flexibility index (Phi) is 27.6. The van der Waals surface area contributed by atoms with Crippen molar-refractivity contribution in [1.82, 2.24) is 16.3 Å². The second kappa shape index (κ2) is 18.7. The molecule has 0 aliphatic rings. The third kappa shape index (κ3) is 91.2. The summed E-state index contributed by atoms with van der Waals surface area (Å²) >= 11 is 0. The minimum absolute atomic E-state index is 0. The normalized spacial score (nSPS) is 6.19. The topological polar surface area (TPSA) is 243 Å². The molecule has 0 atom stereocenters. The summed E-state index contributed by atoms with van der Waals surface area (Å²) in [6.45, 7) is 0. The fraction of sp³-hybridized carbons (Fsp3) is 0. The molecule has 0 spiro atoms. The van der Waals surface area contributed by atoms with Crippen LogP contribution in [0.4, 0.5) is 14.4 Å². The van der Waals surface area contributed by atoms with Crippen molar-refractivity contribution in [2.24, 2.45) is 34.7 Å². The van der Waals surface area contributed by atoms with E-state index in [9.17, 15) is 14.4 Å². The van der Waals surface area contributed by atoms with E-state index in [1.165, 1.54) is 0 Å². The zero-order valence-corrected chi connectivity index (χ0v) is 8.91. The van der Waals surface area contributed by atoms with Crippen LogP contribution in [0, 0.1) is 0 Å². The van der Waals surface area contributed by atoms with Gasteiger partial charge in [-0.1, -0.05) is 0 Å². The summed E-state index contributed by atoms with van der Waals surface area (Å²) in [5.74, 6) is 13.3. The largest absolute Gasteiger partial charge is 0.351 e. The maximum atomic E-state index is 9.35. The van der Waals surface area contributed by atoms with Gasteiger partial charge in [0, 0.05) is 0 Å². The van der Waals surface area contributed by atoms with Gasteiger partial charge in [-0.05, 0) is 0 Å². The SMILES string of the molecule is Cl.NNC(N)=O.NNC(N)=O.NNC(N)=O. The van der Waals surface area contributed by atoms with Gasteiger partial charge < -0.3 is 17.2 Å². The number of nitrogens with two attached hydrogens (primary N) is 6. The third-order valence-electron chi connectivity index (χ3n) is 0.427. The highest BCUT2D eigenvalue weighted by Gasteiger charge is 1.74. The molecule has 0 saturated heterocycles. The summed E-state index contributed by atoms with van der Waals surface area (Å²) in [5, 5.41) is 0. The lowest BCUT2D eigenvalue weighted by Crippen LogP contribution is -2.34. The Bertz CT molecular complexity index is 165. The van der Waals surface area contributed by atoms with Gasteiger partial charge in [-0.15, -0.1) is 12.4 Å². The lowest BCUT2D eigenvalue weighted by molar-refractivity contribution is 0.248. The van der Waals surface area contributed by atoms with Gasteiger partial charge in [0.2, 0.25) is 0 Å². The fourth-order valence-corrected chi connectivity index (χ4v) is 0. The maximum absolute atomic E-state index is 9.35. The zero-order valence-electron chi connectivity index (χ0n) is 8.10. The van der Waals surface area contributed by atoms with E-state index in [0.717, 1.165) is 0 Å². The number of primary amides is 3. The quantitative estimate of drug-likeness (QED) is 0.119. The molecule has 0 aliphatic heterocycles. The van der Waals surface area contributed by atoms with Crippen LogP contribution >= 0.6 is 12.4 Å². The molecule has 0 aromatic heterocycles. The van der Waals surface area contributed by atoms with Crippen LogP contribution < -0.4 is 51.0 Å². The molecular formula is C3H16ClN9O3. The van der Waals surface area contributed by atoms with Crippen molar-refractivity contribution in [3.05, 3.63) is 0 Å². The Morgan fingerprint density at radius 1 is 0.625 bits per heavy atom. The van der Waals surface area contributed by atoms with Crippen LogP contribution in [0.5, 0.6) is 0 Å². The smallest absolute Gasteiger partial charge is 0.326 e. The van der Waals surface area contributed by atoms with Gasteiger partial charge in [0.05, 0.1) is 0 Å². The van der Waals surface area contributed by atoms with Gasteiger partial charge in [0.1, 0.15) is 0 Å². The van der Waals surface area contributed by atoms with Crippen molar-refractivity contribution in [2.75, 3.05) is 0 Å². The van der Waals surface area contributed by atoms with Gasteiger partial charge in [-0.25, -0.2) is 31.9 Å². The molecule has 0 aromatic carbocycles. The molecular weight excluding hydrogens is 246 g/mol. The lowest BCUT2D eigenvalue weighted by Gasteiger charge is -1.81. The highest BCUT2D eigenvalue weighted by Crippen LogP contribution is 1.35. The molecule has 12 nitrogen and oxygen atoms in total. The predicted molar refractivity (Wildman–Crippen MR) is 58.0 cm³/mol. The molecule has 13 heteroatoms. The van der Waals surface area contributed by atoms with E-state index in [1.807, 2.05) is 0 Å². The molecule has 0 aliphatic carbocycles. The highest BCUT2D eigenvalue weighted by molar-refractivity contribution is 5.85. The minimum Gasteiger partial charge on any atom is -0.351 e. The number of carbonyl (C=O) groups excluding carboxylic acids is 3. The molecule has 0 aromatic rings. The summed E-state index contributed by atoms with van der Waals surface area (Å²) in [6, 6.07) is -2.15. The molecule has 0 heterocycles. The van der Waals surface area contributed by atoms with E-state index in [2.05, 4.69) is 34.7 Å². The average Bonchev–Trinajstić information content (AvgIpc) is 2.19. The summed E-state index contributed by atoms with van der Waals surface area (Å²) < 4.78 is 0.